The third kappa shape index (κ3) is 5.30. The highest BCUT2D eigenvalue weighted by Crippen LogP contribution is 2.17. The van der Waals surface area contributed by atoms with Crippen LogP contribution in [-0.4, -0.2) is 37.0 Å². The first-order valence-electron chi connectivity index (χ1n) is 5.94. The van der Waals surface area contributed by atoms with Crippen LogP contribution in [0.2, 0.25) is 0 Å². The molecule has 0 aromatic heterocycles. The van der Waals surface area contributed by atoms with Crippen molar-refractivity contribution in [1.82, 2.24) is 5.32 Å². The lowest BCUT2D eigenvalue weighted by Gasteiger charge is -2.28. The van der Waals surface area contributed by atoms with Gasteiger partial charge in [0.05, 0.1) is 19.3 Å². The van der Waals surface area contributed by atoms with Gasteiger partial charge in [0.25, 0.3) is 0 Å². The van der Waals surface area contributed by atoms with Crippen LogP contribution in [0.25, 0.3) is 0 Å². The van der Waals surface area contributed by atoms with Crippen molar-refractivity contribution >= 4 is 0 Å². The summed E-state index contributed by atoms with van der Waals surface area (Å²) in [4.78, 5) is 0. The van der Waals surface area contributed by atoms with Crippen molar-refractivity contribution in [3.63, 3.8) is 0 Å². The molecule has 0 aromatic rings. The molecule has 1 fully saturated rings. The van der Waals surface area contributed by atoms with Crippen LogP contribution in [0.5, 0.6) is 0 Å². The molecule has 1 aliphatic carbocycles. The molecule has 0 aliphatic heterocycles. The van der Waals surface area contributed by atoms with Gasteiger partial charge < -0.3 is 15.2 Å². The van der Waals surface area contributed by atoms with E-state index >= 15 is 0 Å². The number of ether oxygens (including phenoxy) is 1. The smallest absolute Gasteiger partial charge is 0.0693 e. The minimum absolute atomic E-state index is 0.160. The number of aliphatic hydroxyl groups is 1. The van der Waals surface area contributed by atoms with Crippen molar-refractivity contribution in [1.29, 1.82) is 0 Å². The van der Waals surface area contributed by atoms with Crippen molar-refractivity contribution < 1.29 is 9.84 Å². The molecule has 2 N–H and O–H groups in total. The largest absolute Gasteiger partial charge is 0.392 e. The number of rotatable bonds is 7. The Balaban J connectivity index is 1.96. The van der Waals surface area contributed by atoms with E-state index in [1.807, 2.05) is 6.08 Å². The van der Waals surface area contributed by atoms with Gasteiger partial charge in [0.15, 0.2) is 0 Å². The number of aliphatic hydroxyl groups excluding tert-OH is 1. The first-order valence-corrected chi connectivity index (χ1v) is 5.94. The molecule has 1 rings (SSSR count). The lowest BCUT2D eigenvalue weighted by atomic mass is 9.93. The predicted octanol–water partition coefficient (Wildman–Crippen LogP) is 1.47. The highest BCUT2D eigenvalue weighted by molar-refractivity contribution is 4.79. The SMILES string of the molecule is C=CCCOCCNC1CCCCC1O. The van der Waals surface area contributed by atoms with E-state index in [-0.39, 0.29) is 12.1 Å². The summed E-state index contributed by atoms with van der Waals surface area (Å²) in [5.74, 6) is 0. The molecular weight excluding hydrogens is 190 g/mol. The van der Waals surface area contributed by atoms with Crippen LogP contribution in [0.1, 0.15) is 32.1 Å². The Morgan fingerprint density at radius 3 is 2.87 bits per heavy atom. The van der Waals surface area contributed by atoms with Crippen LogP contribution >= 0.6 is 0 Å². The quantitative estimate of drug-likeness (QED) is 0.497. The number of hydrogen-bond donors (Lipinski definition) is 2. The van der Waals surface area contributed by atoms with Crippen molar-refractivity contribution in [2.75, 3.05) is 19.8 Å². The van der Waals surface area contributed by atoms with Crippen LogP contribution in [0.4, 0.5) is 0 Å². The fourth-order valence-electron chi connectivity index (χ4n) is 1.93. The minimum atomic E-state index is -0.160. The molecule has 0 spiro atoms. The van der Waals surface area contributed by atoms with Crippen LogP contribution in [-0.2, 0) is 4.74 Å². The third-order valence-corrected chi connectivity index (χ3v) is 2.85. The van der Waals surface area contributed by atoms with E-state index < -0.39 is 0 Å². The molecule has 0 saturated heterocycles. The van der Waals surface area contributed by atoms with Gasteiger partial charge in [-0.2, -0.15) is 0 Å². The van der Waals surface area contributed by atoms with Gasteiger partial charge in [-0.15, -0.1) is 6.58 Å². The predicted molar refractivity (Wildman–Crippen MR) is 61.9 cm³/mol. The summed E-state index contributed by atoms with van der Waals surface area (Å²) in [6.07, 6.45) is 7.03. The normalized spacial score (nSPS) is 26.5. The summed E-state index contributed by atoms with van der Waals surface area (Å²) in [6, 6.07) is 0.279. The second-order valence-electron chi connectivity index (χ2n) is 4.10. The lowest BCUT2D eigenvalue weighted by molar-refractivity contribution is 0.0809. The highest BCUT2D eigenvalue weighted by Gasteiger charge is 2.21. The highest BCUT2D eigenvalue weighted by atomic mass is 16.5. The molecule has 0 bridgehead atoms. The fourth-order valence-corrected chi connectivity index (χ4v) is 1.93. The second-order valence-corrected chi connectivity index (χ2v) is 4.10. The zero-order chi connectivity index (χ0) is 10.9. The Labute approximate surface area is 92.5 Å². The van der Waals surface area contributed by atoms with E-state index in [2.05, 4.69) is 11.9 Å². The molecule has 1 saturated carbocycles. The lowest BCUT2D eigenvalue weighted by Crippen LogP contribution is -2.43. The summed E-state index contributed by atoms with van der Waals surface area (Å²) >= 11 is 0. The molecule has 0 amide bonds. The molecule has 2 atom stereocenters. The molecule has 0 aromatic carbocycles. The number of hydrogen-bond acceptors (Lipinski definition) is 3. The monoisotopic (exact) mass is 213 g/mol. The Bertz CT molecular complexity index is 173. The van der Waals surface area contributed by atoms with Crippen LogP contribution in [0, 0.1) is 0 Å². The summed E-state index contributed by atoms with van der Waals surface area (Å²) in [5, 5.41) is 13.0. The van der Waals surface area contributed by atoms with Crippen LogP contribution < -0.4 is 5.32 Å². The first-order chi connectivity index (χ1) is 7.34. The third-order valence-electron chi connectivity index (χ3n) is 2.85. The van der Waals surface area contributed by atoms with Crippen LogP contribution in [0.3, 0.4) is 0 Å². The Morgan fingerprint density at radius 1 is 1.33 bits per heavy atom. The van der Waals surface area contributed by atoms with Crippen LogP contribution in [0.15, 0.2) is 12.7 Å². The molecule has 0 heterocycles. The summed E-state index contributed by atoms with van der Waals surface area (Å²) in [7, 11) is 0. The maximum Gasteiger partial charge on any atom is 0.0693 e. The Morgan fingerprint density at radius 2 is 2.13 bits per heavy atom. The van der Waals surface area contributed by atoms with E-state index in [9.17, 15) is 5.11 Å². The van der Waals surface area contributed by atoms with Gasteiger partial charge in [-0.05, 0) is 19.3 Å². The van der Waals surface area contributed by atoms with Crippen molar-refractivity contribution in [3.8, 4) is 0 Å². The van der Waals surface area contributed by atoms with Gasteiger partial charge in [-0.1, -0.05) is 18.9 Å². The van der Waals surface area contributed by atoms with E-state index in [1.165, 1.54) is 6.42 Å². The Hall–Kier alpha value is -0.380. The standard InChI is InChI=1S/C12H23NO2/c1-2-3-9-15-10-8-13-11-6-4-5-7-12(11)14/h2,11-14H,1,3-10H2. The van der Waals surface area contributed by atoms with E-state index in [4.69, 9.17) is 4.74 Å². The van der Waals surface area contributed by atoms with Crippen molar-refractivity contribution in [3.05, 3.63) is 12.7 Å². The maximum absolute atomic E-state index is 9.69. The van der Waals surface area contributed by atoms with Gasteiger partial charge in [0.1, 0.15) is 0 Å². The maximum atomic E-state index is 9.69. The molecule has 3 heteroatoms. The summed E-state index contributed by atoms with van der Waals surface area (Å²) < 4.78 is 5.38. The first kappa shape index (κ1) is 12.7. The summed E-state index contributed by atoms with van der Waals surface area (Å²) in [5.41, 5.74) is 0. The van der Waals surface area contributed by atoms with Crippen molar-refractivity contribution in [2.45, 2.75) is 44.2 Å². The fraction of sp³-hybridized carbons (Fsp3) is 0.833. The van der Waals surface area contributed by atoms with Gasteiger partial charge >= 0.3 is 0 Å². The molecule has 88 valence electrons. The molecule has 1 aliphatic rings. The van der Waals surface area contributed by atoms with Gasteiger partial charge in [-0.3, -0.25) is 0 Å². The van der Waals surface area contributed by atoms with E-state index in [0.717, 1.165) is 45.4 Å². The Kier molecular flexibility index (Phi) is 6.64. The summed E-state index contributed by atoms with van der Waals surface area (Å²) in [6.45, 7) is 5.93. The average molecular weight is 213 g/mol. The molecule has 15 heavy (non-hydrogen) atoms. The van der Waals surface area contributed by atoms with Gasteiger partial charge in [0.2, 0.25) is 0 Å². The topological polar surface area (TPSA) is 41.5 Å². The zero-order valence-electron chi connectivity index (χ0n) is 9.45. The second kappa shape index (κ2) is 7.85. The molecule has 0 radical (unpaired) electrons. The average Bonchev–Trinajstić information content (AvgIpc) is 2.25. The van der Waals surface area contributed by atoms with Crippen molar-refractivity contribution in [2.24, 2.45) is 0 Å². The molecular formula is C12H23NO2. The van der Waals surface area contributed by atoms with E-state index in [0.29, 0.717) is 0 Å². The zero-order valence-corrected chi connectivity index (χ0v) is 9.45. The molecule has 2 unspecified atom stereocenters. The van der Waals surface area contributed by atoms with E-state index in [1.54, 1.807) is 0 Å². The van der Waals surface area contributed by atoms with Gasteiger partial charge in [0, 0.05) is 12.6 Å². The minimum Gasteiger partial charge on any atom is -0.392 e. The number of nitrogens with one attached hydrogen (secondary N) is 1. The van der Waals surface area contributed by atoms with Gasteiger partial charge in [-0.25, -0.2) is 0 Å². The molecule has 3 nitrogen and oxygen atoms in total.